The number of nitrogens with two attached hydrogens (primary N) is 2. The van der Waals surface area contributed by atoms with Gasteiger partial charge in [0.2, 0.25) is 11.8 Å². The quantitative estimate of drug-likeness (QED) is 0.552. The molecule has 0 unspecified atom stereocenters. The largest absolute Gasteiger partial charge is 0.459 e. The molecule has 0 heterocycles. The van der Waals surface area contributed by atoms with Crippen LogP contribution in [0.15, 0.2) is 0 Å². The lowest BCUT2D eigenvalue weighted by molar-refractivity contribution is -0.186. The Labute approximate surface area is 149 Å². The highest BCUT2D eigenvalue weighted by Crippen LogP contribution is 2.57. The molecule has 4 fully saturated rings. The fourth-order valence-corrected chi connectivity index (χ4v) is 5.29. The number of carbonyl (C=O) groups excluding carboxylic acids is 3. The molecule has 0 aromatic rings. The first-order valence-corrected chi connectivity index (χ1v) is 9.29. The highest BCUT2D eigenvalue weighted by Gasteiger charge is 2.53. The van der Waals surface area contributed by atoms with Crippen molar-refractivity contribution in [2.45, 2.75) is 76.0 Å². The lowest BCUT2D eigenvalue weighted by Crippen LogP contribution is -2.53. The molecule has 0 aromatic heterocycles. The SMILES string of the molecule is [2H]N[C@@H](C)C(=O)N[C@@H](CCC(=O)OC12CC3CC(CC(C3)C1)C2)C(N)=O. The van der Waals surface area contributed by atoms with Crippen molar-refractivity contribution in [2.24, 2.45) is 29.2 Å². The predicted octanol–water partition coefficient (Wildman–Crippen LogP) is 0.596. The lowest BCUT2D eigenvalue weighted by Gasteiger charge is -2.55. The number of nitrogens with one attached hydrogen (secondary N) is 1. The van der Waals surface area contributed by atoms with Crippen molar-refractivity contribution in [3.05, 3.63) is 0 Å². The van der Waals surface area contributed by atoms with Crippen LogP contribution in [0.4, 0.5) is 0 Å². The van der Waals surface area contributed by atoms with Gasteiger partial charge in [0, 0.05) is 6.42 Å². The minimum atomic E-state index is -0.942. The van der Waals surface area contributed by atoms with Gasteiger partial charge in [0.15, 0.2) is 0 Å². The Morgan fingerprint density at radius 2 is 1.76 bits per heavy atom. The number of hydrogen-bond acceptors (Lipinski definition) is 5. The summed E-state index contributed by atoms with van der Waals surface area (Å²) in [6, 6.07) is -1.71. The van der Waals surface area contributed by atoms with Gasteiger partial charge in [-0.1, -0.05) is 0 Å². The van der Waals surface area contributed by atoms with Crippen LogP contribution < -0.4 is 16.8 Å². The van der Waals surface area contributed by atoms with Crippen molar-refractivity contribution in [2.75, 3.05) is 0 Å². The van der Waals surface area contributed by atoms with Gasteiger partial charge in [0.05, 0.1) is 6.04 Å². The molecule has 0 spiro atoms. The van der Waals surface area contributed by atoms with E-state index in [1.54, 1.807) is 0 Å². The second-order valence-electron chi connectivity index (χ2n) is 8.30. The van der Waals surface area contributed by atoms with Crippen molar-refractivity contribution in [1.29, 1.82) is 0 Å². The van der Waals surface area contributed by atoms with Crippen molar-refractivity contribution in [3.8, 4) is 0 Å². The molecule has 0 aliphatic heterocycles. The molecule has 140 valence electrons. The first-order valence-electron chi connectivity index (χ1n) is 9.79. The number of rotatable bonds is 8. The number of hydrogen-bond donors (Lipinski definition) is 3. The Bertz CT molecular complexity index is 547. The van der Waals surface area contributed by atoms with E-state index in [1.165, 1.54) is 26.2 Å². The summed E-state index contributed by atoms with van der Waals surface area (Å²) >= 11 is 0. The summed E-state index contributed by atoms with van der Waals surface area (Å²) in [7, 11) is 0. The molecule has 4 aliphatic carbocycles. The Kier molecular flexibility index (Phi) is 4.67. The van der Waals surface area contributed by atoms with Crippen LogP contribution in [-0.4, -0.2) is 35.5 Å². The van der Waals surface area contributed by atoms with Crippen molar-refractivity contribution in [1.82, 2.24) is 5.32 Å². The molecule has 0 aromatic carbocycles. The first kappa shape index (κ1) is 16.8. The average molecular weight is 352 g/mol. The summed E-state index contributed by atoms with van der Waals surface area (Å²) in [5, 5.41) is 2.48. The monoisotopic (exact) mass is 352 g/mol. The van der Waals surface area contributed by atoms with Crippen LogP contribution >= 0.6 is 0 Å². The predicted molar refractivity (Wildman–Crippen MR) is 91.0 cm³/mol. The molecule has 7 nitrogen and oxygen atoms in total. The number of carbonyl (C=O) groups is 3. The third-order valence-electron chi connectivity index (χ3n) is 6.00. The van der Waals surface area contributed by atoms with E-state index in [-0.39, 0.29) is 24.4 Å². The molecule has 5 N–H and O–H groups in total. The van der Waals surface area contributed by atoms with Gasteiger partial charge >= 0.3 is 5.97 Å². The standard InChI is InChI=1S/C18H29N3O4/c1-10(19)17(24)21-14(16(20)23)2-3-15(22)25-18-7-11-4-12(8-18)6-13(5-11)9-18/h10-14H,2-9,19H2,1H3,(H2,20,23)(H,21,24)/t10-,11?,12?,13?,14-,18?/m0/s1/i/hD. The molecule has 7 heteroatoms. The highest BCUT2D eigenvalue weighted by molar-refractivity contribution is 5.89. The smallest absolute Gasteiger partial charge is 0.306 e. The van der Waals surface area contributed by atoms with E-state index in [2.05, 4.69) is 11.0 Å². The van der Waals surface area contributed by atoms with E-state index in [4.69, 9.17) is 11.9 Å². The second-order valence-corrected chi connectivity index (χ2v) is 8.30. The van der Waals surface area contributed by atoms with Crippen LogP contribution in [0.5, 0.6) is 0 Å². The third kappa shape index (κ3) is 4.14. The molecule has 2 amide bonds. The Morgan fingerprint density at radius 1 is 1.20 bits per heavy atom. The molecular weight excluding hydrogens is 322 g/mol. The van der Waals surface area contributed by atoms with E-state index >= 15 is 0 Å². The van der Waals surface area contributed by atoms with Crippen LogP contribution in [0.2, 0.25) is 1.41 Å². The van der Waals surface area contributed by atoms with Crippen LogP contribution in [0, 0.1) is 17.8 Å². The first-order chi connectivity index (χ1) is 12.3. The molecule has 4 bridgehead atoms. The summed E-state index contributed by atoms with van der Waals surface area (Å²) in [5.74, 6) is 0.539. The van der Waals surface area contributed by atoms with Crippen LogP contribution in [0.3, 0.4) is 0 Å². The van der Waals surface area contributed by atoms with E-state index < -0.39 is 23.9 Å². The van der Waals surface area contributed by atoms with Gasteiger partial charge in [-0.05, 0) is 69.6 Å². The maximum Gasteiger partial charge on any atom is 0.306 e. The minimum absolute atomic E-state index is 0.0400. The normalized spacial score (nSPS) is 35.6. The molecule has 4 aliphatic rings. The summed E-state index contributed by atoms with van der Waals surface area (Å²) in [4.78, 5) is 35.8. The second kappa shape index (κ2) is 6.94. The fraction of sp³-hybridized carbons (Fsp3) is 0.833. The van der Waals surface area contributed by atoms with Crippen LogP contribution in [0.25, 0.3) is 0 Å². The van der Waals surface area contributed by atoms with E-state index in [1.807, 2.05) is 0 Å². The van der Waals surface area contributed by atoms with Crippen molar-refractivity contribution >= 4 is 17.8 Å². The molecule has 4 saturated carbocycles. The van der Waals surface area contributed by atoms with E-state index in [0.29, 0.717) is 17.8 Å². The molecule has 0 saturated heterocycles. The molecule has 0 radical (unpaired) electrons. The number of ether oxygens (including phenoxy) is 1. The topological polar surface area (TPSA) is 125 Å². The summed E-state index contributed by atoms with van der Waals surface area (Å²) in [6.45, 7) is 1.50. The van der Waals surface area contributed by atoms with Gasteiger partial charge in [-0.3, -0.25) is 14.4 Å². The average Bonchev–Trinajstić information content (AvgIpc) is 2.55. The van der Waals surface area contributed by atoms with E-state index in [9.17, 15) is 14.4 Å². The van der Waals surface area contributed by atoms with Crippen LogP contribution in [-0.2, 0) is 19.1 Å². The van der Waals surface area contributed by atoms with Crippen molar-refractivity contribution in [3.63, 3.8) is 0 Å². The zero-order valence-electron chi connectivity index (χ0n) is 15.8. The minimum Gasteiger partial charge on any atom is -0.459 e. The zero-order chi connectivity index (χ0) is 18.9. The van der Waals surface area contributed by atoms with Gasteiger partial charge in [-0.15, -0.1) is 0 Å². The van der Waals surface area contributed by atoms with Crippen molar-refractivity contribution < 1.29 is 20.5 Å². The molecular formula is C18H29N3O4. The van der Waals surface area contributed by atoms with Gasteiger partial charge < -0.3 is 21.5 Å². The summed E-state index contributed by atoms with van der Waals surface area (Å²) < 4.78 is 12.9. The summed E-state index contributed by atoms with van der Waals surface area (Å²) in [5.41, 5.74) is 7.08. The number of amides is 2. The van der Waals surface area contributed by atoms with E-state index in [0.717, 1.165) is 19.3 Å². The highest BCUT2D eigenvalue weighted by atomic mass is 16.6. The summed E-state index contributed by atoms with van der Waals surface area (Å²) in [6.07, 6.45) is 6.86. The molecule has 2 atom stereocenters. The van der Waals surface area contributed by atoms with Gasteiger partial charge in [0.1, 0.15) is 13.1 Å². The zero-order valence-corrected chi connectivity index (χ0v) is 14.8. The lowest BCUT2D eigenvalue weighted by atomic mass is 9.54. The molecule has 4 rings (SSSR count). The fourth-order valence-electron chi connectivity index (χ4n) is 5.29. The maximum atomic E-state index is 12.4. The number of primary amides is 1. The maximum absolute atomic E-state index is 12.4. The molecule has 25 heavy (non-hydrogen) atoms. The van der Waals surface area contributed by atoms with Crippen LogP contribution in [0.1, 0.15) is 58.3 Å². The van der Waals surface area contributed by atoms with Gasteiger partial charge in [-0.25, -0.2) is 0 Å². The van der Waals surface area contributed by atoms with Gasteiger partial charge in [-0.2, -0.15) is 0 Å². The Hall–Kier alpha value is -1.63. The third-order valence-corrected chi connectivity index (χ3v) is 6.00. The van der Waals surface area contributed by atoms with Gasteiger partial charge in [0.25, 0.3) is 0 Å². The number of esters is 1. The Balaban J connectivity index is 1.51. The Morgan fingerprint density at radius 3 is 2.24 bits per heavy atom.